The summed E-state index contributed by atoms with van der Waals surface area (Å²) in [6.07, 6.45) is 3.18. The zero-order valence-electron chi connectivity index (χ0n) is 12.9. The molecule has 2 N–H and O–H groups in total. The molecule has 0 fully saturated rings. The Balaban J connectivity index is 3.62. The standard InChI is InChI=1S/C12H22F5NO4S2/c13-24(14,15,16,17)11-7-5-3-1-2-4-6-8-12(19)18-9-10-23(20,21)22/h7,11H,1-6,8-10H2,(H,18,19)(H,20,21,22)/b11-7+. The maximum atomic E-state index is 11.9. The average Bonchev–Trinajstić information content (AvgIpc) is 2.32. The van der Waals surface area contributed by atoms with Crippen LogP contribution in [0.5, 0.6) is 0 Å². The van der Waals surface area contributed by atoms with Gasteiger partial charge in [-0.1, -0.05) is 44.8 Å². The van der Waals surface area contributed by atoms with Crippen molar-refractivity contribution in [2.45, 2.75) is 44.9 Å². The van der Waals surface area contributed by atoms with Crippen LogP contribution in [-0.2, 0) is 14.9 Å². The molecule has 0 aromatic heterocycles. The van der Waals surface area contributed by atoms with Crippen LogP contribution < -0.4 is 5.32 Å². The van der Waals surface area contributed by atoms with Gasteiger partial charge in [-0.3, -0.25) is 9.35 Å². The van der Waals surface area contributed by atoms with Gasteiger partial charge in [0.05, 0.1) is 11.2 Å². The fraction of sp³-hybridized carbons (Fsp3) is 0.750. The normalized spacial score (nSPS) is 15.9. The molecule has 0 aliphatic carbocycles. The molecule has 146 valence electrons. The van der Waals surface area contributed by atoms with Crippen molar-refractivity contribution in [1.29, 1.82) is 0 Å². The number of carbonyl (C=O) groups excluding carboxylic acids is 1. The second-order valence-electron chi connectivity index (χ2n) is 5.34. The van der Waals surface area contributed by atoms with Crippen LogP contribution in [0.1, 0.15) is 44.9 Å². The number of hydrogen-bond acceptors (Lipinski definition) is 3. The maximum absolute atomic E-state index is 11.9. The fourth-order valence-corrected chi connectivity index (χ4v) is 2.60. The summed E-state index contributed by atoms with van der Waals surface area (Å²) in [5.74, 6) is -0.928. The van der Waals surface area contributed by atoms with Gasteiger partial charge in [-0.15, -0.1) is 0 Å². The van der Waals surface area contributed by atoms with Gasteiger partial charge in [0.15, 0.2) is 0 Å². The molecule has 0 saturated carbocycles. The van der Waals surface area contributed by atoms with Gasteiger partial charge < -0.3 is 5.32 Å². The number of halogens is 5. The Hall–Kier alpha value is -0.880. The molecule has 0 rings (SSSR count). The summed E-state index contributed by atoms with van der Waals surface area (Å²) in [7, 11) is -13.6. The van der Waals surface area contributed by atoms with Crippen molar-refractivity contribution < 1.29 is 37.2 Å². The summed E-state index contributed by atoms with van der Waals surface area (Å²) in [4.78, 5) is 11.3. The smallest absolute Gasteiger partial charge is 0.304 e. The largest absolute Gasteiger partial charge is 0.355 e. The van der Waals surface area contributed by atoms with Crippen molar-refractivity contribution >= 4 is 26.2 Å². The highest BCUT2D eigenvalue weighted by Gasteiger charge is 2.60. The summed E-state index contributed by atoms with van der Waals surface area (Å²) in [6, 6.07) is 0. The lowest BCUT2D eigenvalue weighted by Crippen LogP contribution is -2.28. The molecule has 5 nitrogen and oxygen atoms in total. The van der Waals surface area contributed by atoms with E-state index in [1.807, 2.05) is 0 Å². The quantitative estimate of drug-likeness (QED) is 0.285. The SMILES string of the molecule is O=C(CCCCCCC/C=C/S(F)(F)(F)(F)F)NCCS(=O)(=O)O. The Kier molecular flexibility index (Phi) is 7.71. The molecule has 0 heterocycles. The Bertz CT molecular complexity index is 545. The Morgan fingerprint density at radius 3 is 2.08 bits per heavy atom. The number of hydrogen-bond donors (Lipinski definition) is 2. The van der Waals surface area contributed by atoms with Crippen molar-refractivity contribution in [1.82, 2.24) is 5.32 Å². The number of amides is 1. The first kappa shape index (κ1) is 23.1. The van der Waals surface area contributed by atoms with Crippen LogP contribution in [-0.4, -0.2) is 31.2 Å². The van der Waals surface area contributed by atoms with Crippen molar-refractivity contribution in [3.8, 4) is 0 Å². The van der Waals surface area contributed by atoms with Gasteiger partial charge in [0.1, 0.15) is 0 Å². The maximum Gasteiger partial charge on any atom is 0.304 e. The fourth-order valence-electron chi connectivity index (χ4n) is 1.74. The average molecular weight is 403 g/mol. The first-order valence-corrected chi connectivity index (χ1v) is 10.8. The number of rotatable bonds is 12. The summed E-state index contributed by atoms with van der Waals surface area (Å²) in [6.45, 7) is -0.184. The minimum absolute atomic E-state index is 0.0955. The lowest BCUT2D eigenvalue weighted by molar-refractivity contribution is -0.121. The zero-order valence-corrected chi connectivity index (χ0v) is 14.5. The van der Waals surface area contributed by atoms with E-state index in [-0.39, 0.29) is 25.3 Å². The zero-order chi connectivity index (χ0) is 19.0. The van der Waals surface area contributed by atoms with E-state index < -0.39 is 31.5 Å². The molecule has 0 aliphatic heterocycles. The summed E-state index contributed by atoms with van der Waals surface area (Å²) < 4.78 is 89.0. The molecule has 24 heavy (non-hydrogen) atoms. The number of unbranched alkanes of at least 4 members (excludes halogenated alkanes) is 5. The van der Waals surface area contributed by atoms with Crippen molar-refractivity contribution in [2.75, 3.05) is 12.3 Å². The van der Waals surface area contributed by atoms with Crippen LogP contribution in [0.15, 0.2) is 11.5 Å². The lowest BCUT2D eigenvalue weighted by Gasteiger charge is -2.36. The molecular weight excluding hydrogens is 381 g/mol. The molecule has 0 saturated heterocycles. The van der Waals surface area contributed by atoms with Gasteiger partial charge in [-0.2, -0.15) is 8.42 Å². The second kappa shape index (κ2) is 8.00. The van der Waals surface area contributed by atoms with Gasteiger partial charge in [0, 0.05) is 13.0 Å². The molecule has 0 aromatic carbocycles. The lowest BCUT2D eigenvalue weighted by atomic mass is 10.1. The van der Waals surface area contributed by atoms with E-state index in [0.717, 1.165) is 0 Å². The van der Waals surface area contributed by atoms with Gasteiger partial charge >= 0.3 is 10.2 Å². The summed E-state index contributed by atoms with van der Waals surface area (Å²) >= 11 is 0. The Labute approximate surface area is 138 Å². The minimum atomic E-state index is -9.44. The van der Waals surface area contributed by atoms with E-state index in [0.29, 0.717) is 38.2 Å². The van der Waals surface area contributed by atoms with Crippen LogP contribution in [0.25, 0.3) is 0 Å². The highest BCUT2D eigenvalue weighted by Crippen LogP contribution is 2.98. The molecule has 12 heteroatoms. The Morgan fingerprint density at radius 1 is 1.00 bits per heavy atom. The van der Waals surface area contributed by atoms with Crippen LogP contribution >= 0.6 is 10.2 Å². The van der Waals surface area contributed by atoms with E-state index in [9.17, 15) is 32.6 Å². The number of allylic oxidation sites excluding steroid dienone is 1. The number of nitrogens with one attached hydrogen (secondary N) is 1. The third-order valence-corrected chi connectivity index (χ3v) is 4.24. The molecule has 0 aromatic rings. The highest BCUT2D eigenvalue weighted by atomic mass is 32.5. The molecule has 0 radical (unpaired) electrons. The van der Waals surface area contributed by atoms with Gasteiger partial charge in [-0.05, 0) is 19.3 Å². The summed E-state index contributed by atoms with van der Waals surface area (Å²) in [5.41, 5.74) is 0. The van der Waals surface area contributed by atoms with Gasteiger partial charge in [-0.25, -0.2) is 0 Å². The third-order valence-electron chi connectivity index (χ3n) is 2.81. The third kappa shape index (κ3) is 19.2. The molecule has 0 atom stereocenters. The van der Waals surface area contributed by atoms with Crippen LogP contribution in [0, 0.1) is 0 Å². The van der Waals surface area contributed by atoms with E-state index in [4.69, 9.17) is 4.55 Å². The van der Waals surface area contributed by atoms with Crippen molar-refractivity contribution in [2.24, 2.45) is 0 Å². The highest BCUT2D eigenvalue weighted by molar-refractivity contribution is 8.48. The predicted octanol–water partition coefficient (Wildman–Crippen LogP) is 4.53. The Morgan fingerprint density at radius 2 is 1.54 bits per heavy atom. The van der Waals surface area contributed by atoms with E-state index >= 15 is 0 Å². The minimum Gasteiger partial charge on any atom is -0.355 e. The van der Waals surface area contributed by atoms with Gasteiger partial charge in [0.25, 0.3) is 10.1 Å². The first-order valence-electron chi connectivity index (χ1n) is 7.21. The van der Waals surface area contributed by atoms with Crippen LogP contribution in [0.2, 0.25) is 0 Å². The number of carbonyl (C=O) groups is 1. The first-order chi connectivity index (χ1) is 10.6. The molecular formula is C12H22F5NO4S2. The van der Waals surface area contributed by atoms with E-state index in [2.05, 4.69) is 5.32 Å². The topological polar surface area (TPSA) is 83.5 Å². The van der Waals surface area contributed by atoms with Crippen molar-refractivity contribution in [3.63, 3.8) is 0 Å². The molecule has 0 unspecified atom stereocenters. The summed E-state index contributed by atoms with van der Waals surface area (Å²) in [5, 5.41) is 1.38. The van der Waals surface area contributed by atoms with E-state index in [1.165, 1.54) is 0 Å². The van der Waals surface area contributed by atoms with Crippen LogP contribution in [0.4, 0.5) is 19.4 Å². The van der Waals surface area contributed by atoms with Crippen LogP contribution in [0.3, 0.4) is 0 Å². The second-order valence-corrected chi connectivity index (χ2v) is 9.24. The molecule has 0 spiro atoms. The monoisotopic (exact) mass is 403 g/mol. The van der Waals surface area contributed by atoms with Crippen molar-refractivity contribution in [3.05, 3.63) is 11.5 Å². The molecule has 0 bridgehead atoms. The molecule has 0 aliphatic rings. The van der Waals surface area contributed by atoms with E-state index in [1.54, 1.807) is 0 Å². The van der Waals surface area contributed by atoms with Gasteiger partial charge in [0.2, 0.25) is 5.91 Å². The predicted molar refractivity (Wildman–Crippen MR) is 84.0 cm³/mol. The molecule has 1 amide bonds.